The van der Waals surface area contributed by atoms with Crippen molar-refractivity contribution in [2.24, 2.45) is 4.99 Å². The molecule has 0 atom stereocenters. The Labute approximate surface area is 177 Å². The van der Waals surface area contributed by atoms with Crippen LogP contribution in [0.4, 0.5) is 5.69 Å². The first kappa shape index (κ1) is 20.5. The number of ether oxygens (including phenoxy) is 1. The Balaban J connectivity index is 1.91. The molecular formula is C20H16Cl2N2O3S. The zero-order valence-electron chi connectivity index (χ0n) is 15.1. The molecule has 0 spiro atoms. The van der Waals surface area contributed by atoms with E-state index in [-0.39, 0.29) is 5.91 Å². The highest BCUT2D eigenvalue weighted by atomic mass is 35.5. The third-order valence-electron chi connectivity index (χ3n) is 3.99. The van der Waals surface area contributed by atoms with Crippen LogP contribution in [0.5, 0.6) is 0 Å². The van der Waals surface area contributed by atoms with E-state index in [1.165, 1.54) is 18.9 Å². The molecule has 2 aromatic rings. The van der Waals surface area contributed by atoms with Crippen molar-refractivity contribution in [3.63, 3.8) is 0 Å². The lowest BCUT2D eigenvalue weighted by Crippen LogP contribution is -2.28. The van der Waals surface area contributed by atoms with Gasteiger partial charge in [0.2, 0.25) is 0 Å². The van der Waals surface area contributed by atoms with Crippen molar-refractivity contribution in [2.45, 2.75) is 6.92 Å². The van der Waals surface area contributed by atoms with Gasteiger partial charge in [0.05, 0.1) is 33.3 Å². The average Bonchev–Trinajstić information content (AvgIpc) is 2.99. The van der Waals surface area contributed by atoms with Crippen molar-refractivity contribution in [3.05, 3.63) is 68.5 Å². The molecule has 0 bridgehead atoms. The molecule has 1 fully saturated rings. The number of rotatable bonds is 4. The summed E-state index contributed by atoms with van der Waals surface area (Å²) < 4.78 is 4.69. The standard InChI is InChI=1S/C20H16Cl2N2O3S/c1-3-24-18(25)16(11-13-5-4-6-15(21)17(13)22)28-20(24)23-14-9-7-12(8-10-14)19(26)27-2/h4-11H,3H2,1-2H3/b16-11+,23-20?. The fourth-order valence-electron chi connectivity index (χ4n) is 2.54. The number of likely N-dealkylation sites (N-methyl/N-ethyl adjacent to an activating group) is 1. The second-order valence-electron chi connectivity index (χ2n) is 5.74. The zero-order valence-corrected chi connectivity index (χ0v) is 17.4. The maximum absolute atomic E-state index is 12.7. The predicted molar refractivity (Wildman–Crippen MR) is 114 cm³/mol. The van der Waals surface area contributed by atoms with E-state index in [9.17, 15) is 9.59 Å². The van der Waals surface area contributed by atoms with E-state index in [4.69, 9.17) is 23.2 Å². The number of thioether (sulfide) groups is 1. The molecule has 0 saturated carbocycles. The van der Waals surface area contributed by atoms with Crippen LogP contribution in [0.3, 0.4) is 0 Å². The van der Waals surface area contributed by atoms with Crippen LogP contribution in [0.25, 0.3) is 6.08 Å². The highest BCUT2D eigenvalue weighted by molar-refractivity contribution is 8.18. The number of amides is 1. The largest absolute Gasteiger partial charge is 0.465 e. The molecule has 0 aliphatic carbocycles. The van der Waals surface area contributed by atoms with Crippen molar-refractivity contribution < 1.29 is 14.3 Å². The van der Waals surface area contributed by atoms with Gasteiger partial charge >= 0.3 is 5.97 Å². The molecule has 144 valence electrons. The highest BCUT2D eigenvalue weighted by Gasteiger charge is 2.32. The Morgan fingerprint density at radius 3 is 2.57 bits per heavy atom. The number of halogens is 2. The predicted octanol–water partition coefficient (Wildman–Crippen LogP) is 5.40. The van der Waals surface area contributed by atoms with Crippen molar-refractivity contribution >= 4 is 63.8 Å². The fraction of sp³-hybridized carbons (Fsp3) is 0.150. The molecule has 1 saturated heterocycles. The van der Waals surface area contributed by atoms with Gasteiger partial charge in [-0.1, -0.05) is 35.3 Å². The molecule has 1 aliphatic rings. The van der Waals surface area contributed by atoms with Gasteiger partial charge in [-0.3, -0.25) is 9.69 Å². The number of esters is 1. The number of nitrogens with zero attached hydrogens (tertiary/aromatic N) is 2. The minimum atomic E-state index is -0.413. The number of hydrogen-bond acceptors (Lipinski definition) is 5. The van der Waals surface area contributed by atoms with Gasteiger partial charge in [0.1, 0.15) is 0 Å². The van der Waals surface area contributed by atoms with E-state index >= 15 is 0 Å². The number of aliphatic imine (C=N–C) groups is 1. The van der Waals surface area contributed by atoms with Crippen LogP contribution in [0.1, 0.15) is 22.8 Å². The molecule has 8 heteroatoms. The van der Waals surface area contributed by atoms with Crippen LogP contribution in [0.15, 0.2) is 52.4 Å². The summed E-state index contributed by atoms with van der Waals surface area (Å²) in [7, 11) is 1.33. The first-order chi connectivity index (χ1) is 13.4. The number of carbonyl (C=O) groups excluding carboxylic acids is 2. The van der Waals surface area contributed by atoms with Gasteiger partial charge in [-0.2, -0.15) is 0 Å². The lowest BCUT2D eigenvalue weighted by Gasteiger charge is -2.12. The first-order valence-electron chi connectivity index (χ1n) is 8.37. The highest BCUT2D eigenvalue weighted by Crippen LogP contribution is 2.36. The lowest BCUT2D eigenvalue weighted by atomic mass is 10.2. The molecule has 2 aromatic carbocycles. The van der Waals surface area contributed by atoms with Crippen LogP contribution < -0.4 is 0 Å². The van der Waals surface area contributed by atoms with Crippen LogP contribution in [0, 0.1) is 0 Å². The number of carbonyl (C=O) groups is 2. The first-order valence-corrected chi connectivity index (χ1v) is 9.94. The smallest absolute Gasteiger partial charge is 0.337 e. The Hall–Kier alpha value is -2.28. The van der Waals surface area contributed by atoms with E-state index in [0.29, 0.717) is 43.5 Å². The molecular weight excluding hydrogens is 419 g/mol. The molecule has 3 rings (SSSR count). The molecule has 0 aromatic heterocycles. The van der Waals surface area contributed by atoms with E-state index < -0.39 is 5.97 Å². The third-order valence-corrected chi connectivity index (χ3v) is 5.83. The van der Waals surface area contributed by atoms with Crippen LogP contribution >= 0.6 is 35.0 Å². The Bertz CT molecular complexity index is 987. The topological polar surface area (TPSA) is 59.0 Å². The number of amidine groups is 1. The van der Waals surface area contributed by atoms with Gasteiger partial charge in [0, 0.05) is 6.54 Å². The van der Waals surface area contributed by atoms with E-state index in [1.54, 1.807) is 53.4 Å². The molecule has 0 radical (unpaired) electrons. The SMILES string of the molecule is CCN1C(=O)/C(=C\c2cccc(Cl)c2Cl)SC1=Nc1ccc(C(=O)OC)cc1. The van der Waals surface area contributed by atoms with Crippen molar-refractivity contribution in [1.82, 2.24) is 4.90 Å². The summed E-state index contributed by atoms with van der Waals surface area (Å²) in [5.74, 6) is -0.558. The van der Waals surface area contributed by atoms with Gasteiger partial charge in [0.25, 0.3) is 5.91 Å². The van der Waals surface area contributed by atoms with Gasteiger partial charge in [-0.05, 0) is 60.7 Å². The van der Waals surface area contributed by atoms with Crippen LogP contribution in [-0.4, -0.2) is 35.6 Å². The molecule has 0 unspecified atom stereocenters. The molecule has 1 aliphatic heterocycles. The summed E-state index contributed by atoms with van der Waals surface area (Å²) in [5, 5.41) is 1.39. The summed E-state index contributed by atoms with van der Waals surface area (Å²) in [4.78, 5) is 30.9. The molecule has 1 amide bonds. The zero-order chi connectivity index (χ0) is 20.3. The Kier molecular flexibility index (Phi) is 6.44. The minimum Gasteiger partial charge on any atom is -0.465 e. The molecule has 5 nitrogen and oxygen atoms in total. The monoisotopic (exact) mass is 434 g/mol. The number of hydrogen-bond donors (Lipinski definition) is 0. The van der Waals surface area contributed by atoms with Gasteiger partial charge in [0.15, 0.2) is 5.17 Å². The van der Waals surface area contributed by atoms with E-state index in [0.717, 1.165) is 0 Å². The van der Waals surface area contributed by atoms with Gasteiger partial charge < -0.3 is 4.74 Å². The van der Waals surface area contributed by atoms with Gasteiger partial charge in [-0.25, -0.2) is 9.79 Å². The lowest BCUT2D eigenvalue weighted by molar-refractivity contribution is -0.122. The average molecular weight is 435 g/mol. The number of benzene rings is 2. The quantitative estimate of drug-likeness (QED) is 0.477. The van der Waals surface area contributed by atoms with Crippen LogP contribution in [-0.2, 0) is 9.53 Å². The second-order valence-corrected chi connectivity index (χ2v) is 7.53. The normalized spacial score (nSPS) is 16.9. The van der Waals surface area contributed by atoms with E-state index in [2.05, 4.69) is 9.73 Å². The molecule has 0 N–H and O–H groups in total. The second kappa shape index (κ2) is 8.82. The van der Waals surface area contributed by atoms with Crippen molar-refractivity contribution in [3.8, 4) is 0 Å². The van der Waals surface area contributed by atoms with Crippen LogP contribution in [0.2, 0.25) is 10.0 Å². The third kappa shape index (κ3) is 4.24. The summed E-state index contributed by atoms with van der Waals surface area (Å²) in [6, 6.07) is 11.9. The summed E-state index contributed by atoms with van der Waals surface area (Å²) >= 11 is 13.5. The minimum absolute atomic E-state index is 0.145. The van der Waals surface area contributed by atoms with Gasteiger partial charge in [-0.15, -0.1) is 0 Å². The Morgan fingerprint density at radius 2 is 1.93 bits per heavy atom. The molecule has 1 heterocycles. The summed E-state index contributed by atoms with van der Waals surface area (Å²) in [5.41, 5.74) is 1.73. The summed E-state index contributed by atoms with van der Waals surface area (Å²) in [6.07, 6.45) is 1.72. The Morgan fingerprint density at radius 1 is 1.21 bits per heavy atom. The molecule has 28 heavy (non-hydrogen) atoms. The van der Waals surface area contributed by atoms with Crippen molar-refractivity contribution in [2.75, 3.05) is 13.7 Å². The number of methoxy groups -OCH3 is 1. The maximum atomic E-state index is 12.7. The fourth-order valence-corrected chi connectivity index (χ4v) is 3.96. The summed E-state index contributed by atoms with van der Waals surface area (Å²) in [6.45, 7) is 2.36. The van der Waals surface area contributed by atoms with Crippen molar-refractivity contribution in [1.29, 1.82) is 0 Å². The maximum Gasteiger partial charge on any atom is 0.337 e. The van der Waals surface area contributed by atoms with E-state index in [1.807, 2.05) is 6.92 Å².